The quantitative estimate of drug-likeness (QED) is 0.566. The number of sulfone groups is 1. The van der Waals surface area contributed by atoms with Crippen molar-refractivity contribution in [2.75, 3.05) is 24.7 Å². The molecule has 0 aromatic heterocycles. The van der Waals surface area contributed by atoms with E-state index >= 15 is 0 Å². The summed E-state index contributed by atoms with van der Waals surface area (Å²) in [5, 5.41) is 12.0. The number of ether oxygens (including phenoxy) is 1. The fourth-order valence-corrected chi connectivity index (χ4v) is 3.23. The van der Waals surface area contributed by atoms with Crippen LogP contribution in [0.15, 0.2) is 0 Å². The molecule has 6 nitrogen and oxygen atoms in total. The summed E-state index contributed by atoms with van der Waals surface area (Å²) in [6.45, 7) is 1.89. The second-order valence-electron chi connectivity index (χ2n) is 3.44. The van der Waals surface area contributed by atoms with Gasteiger partial charge in [0.25, 0.3) is 0 Å². The Morgan fingerprint density at radius 3 is 2.67 bits per heavy atom. The van der Waals surface area contributed by atoms with Crippen LogP contribution < -0.4 is 5.32 Å². The summed E-state index contributed by atoms with van der Waals surface area (Å²) in [6.07, 6.45) is -0.940. The van der Waals surface area contributed by atoms with Crippen molar-refractivity contribution in [1.82, 2.24) is 5.32 Å². The van der Waals surface area contributed by atoms with Crippen LogP contribution in [0.5, 0.6) is 0 Å². The number of hydrogen-bond donors (Lipinski definition) is 2. The van der Waals surface area contributed by atoms with Gasteiger partial charge in [-0.15, -0.1) is 0 Å². The number of nitrogens with one attached hydrogen (secondary N) is 1. The van der Waals surface area contributed by atoms with Crippen LogP contribution >= 0.6 is 0 Å². The fourth-order valence-electron chi connectivity index (χ4n) is 1.45. The van der Waals surface area contributed by atoms with Gasteiger partial charge in [0.2, 0.25) is 0 Å². The molecule has 0 aliphatic carbocycles. The smallest absolute Gasteiger partial charge is 0.319 e. The molecule has 2 unspecified atom stereocenters. The Bertz CT molecular complexity index is 326. The Morgan fingerprint density at radius 1 is 1.53 bits per heavy atom. The molecule has 0 amide bonds. The number of aliphatic hydroxyl groups excluding tert-OH is 1. The Morgan fingerprint density at radius 2 is 2.20 bits per heavy atom. The van der Waals surface area contributed by atoms with Crippen LogP contribution in [0.3, 0.4) is 0 Å². The molecule has 0 bridgehead atoms. The summed E-state index contributed by atoms with van der Waals surface area (Å²) in [4.78, 5) is 11.0. The van der Waals surface area contributed by atoms with E-state index in [2.05, 4.69) is 10.1 Å². The van der Waals surface area contributed by atoms with Crippen molar-refractivity contribution in [3.05, 3.63) is 0 Å². The van der Waals surface area contributed by atoms with Gasteiger partial charge in [-0.2, -0.15) is 0 Å². The predicted octanol–water partition coefficient (Wildman–Crippen LogP) is -1.70. The van der Waals surface area contributed by atoms with Crippen molar-refractivity contribution in [2.45, 2.75) is 19.1 Å². The molecule has 1 aliphatic rings. The van der Waals surface area contributed by atoms with Gasteiger partial charge < -0.3 is 15.2 Å². The second kappa shape index (κ2) is 4.91. The van der Waals surface area contributed by atoms with Gasteiger partial charge in [-0.1, -0.05) is 0 Å². The van der Waals surface area contributed by atoms with E-state index in [1.54, 1.807) is 6.92 Å². The van der Waals surface area contributed by atoms with Gasteiger partial charge in [0.15, 0.2) is 9.84 Å². The third kappa shape index (κ3) is 3.77. The number of esters is 1. The van der Waals surface area contributed by atoms with Gasteiger partial charge >= 0.3 is 5.97 Å². The lowest BCUT2D eigenvalue weighted by molar-refractivity contribution is -0.142. The molecule has 88 valence electrons. The fraction of sp³-hybridized carbons (Fsp3) is 0.875. The van der Waals surface area contributed by atoms with Crippen molar-refractivity contribution < 1.29 is 23.1 Å². The van der Waals surface area contributed by atoms with Gasteiger partial charge in [-0.3, -0.25) is 4.79 Å². The molecule has 1 fully saturated rings. The summed E-state index contributed by atoms with van der Waals surface area (Å²) >= 11 is 0. The molecule has 1 aliphatic heterocycles. The molecule has 0 aromatic rings. The number of hydrogen-bond acceptors (Lipinski definition) is 6. The van der Waals surface area contributed by atoms with Crippen molar-refractivity contribution in [3.8, 4) is 0 Å². The highest BCUT2D eigenvalue weighted by molar-refractivity contribution is 7.91. The minimum absolute atomic E-state index is 0.0783. The summed E-state index contributed by atoms with van der Waals surface area (Å²) in [5.74, 6) is -0.824. The summed E-state index contributed by atoms with van der Waals surface area (Å²) in [7, 11) is -3.17. The molecular formula is C8H15NO5S. The van der Waals surface area contributed by atoms with E-state index in [0.717, 1.165) is 0 Å². The Labute approximate surface area is 88.5 Å². The minimum atomic E-state index is -3.17. The zero-order valence-corrected chi connectivity index (χ0v) is 9.29. The highest BCUT2D eigenvalue weighted by Gasteiger charge is 2.36. The molecule has 7 heteroatoms. The third-order valence-corrected chi connectivity index (χ3v) is 3.85. The number of aliphatic hydroxyl groups is 1. The predicted molar refractivity (Wildman–Crippen MR) is 53.1 cm³/mol. The first kappa shape index (κ1) is 12.4. The average molecular weight is 237 g/mol. The maximum absolute atomic E-state index is 11.1. The van der Waals surface area contributed by atoms with Crippen molar-refractivity contribution in [2.24, 2.45) is 0 Å². The highest BCUT2D eigenvalue weighted by Crippen LogP contribution is 2.11. The summed E-state index contributed by atoms with van der Waals surface area (Å²) < 4.78 is 26.9. The normalized spacial score (nSPS) is 28.9. The molecule has 2 atom stereocenters. The number of carbonyl (C=O) groups is 1. The van der Waals surface area contributed by atoms with Crippen LogP contribution in [0.2, 0.25) is 0 Å². The van der Waals surface area contributed by atoms with Gasteiger partial charge in [-0.25, -0.2) is 8.42 Å². The minimum Gasteiger partial charge on any atom is -0.465 e. The number of rotatable bonds is 4. The van der Waals surface area contributed by atoms with Gasteiger partial charge in [0, 0.05) is 6.04 Å². The summed E-state index contributed by atoms with van der Waals surface area (Å²) in [6, 6.07) is -0.570. The average Bonchev–Trinajstić information content (AvgIpc) is 2.36. The SMILES string of the molecule is CCOC(=O)CNC1CS(=O)(=O)CC1O. The monoisotopic (exact) mass is 237 g/mol. The van der Waals surface area contributed by atoms with Crippen molar-refractivity contribution in [3.63, 3.8) is 0 Å². The van der Waals surface area contributed by atoms with Crippen LogP contribution in [-0.2, 0) is 19.4 Å². The maximum atomic E-state index is 11.1. The van der Waals surface area contributed by atoms with E-state index in [0.29, 0.717) is 0 Å². The van der Waals surface area contributed by atoms with Crippen molar-refractivity contribution in [1.29, 1.82) is 0 Å². The zero-order chi connectivity index (χ0) is 11.5. The van der Waals surface area contributed by atoms with Crippen molar-refractivity contribution >= 4 is 15.8 Å². The van der Waals surface area contributed by atoms with Gasteiger partial charge in [0.05, 0.1) is 30.8 Å². The molecule has 1 saturated heterocycles. The van der Waals surface area contributed by atoms with Crippen LogP contribution in [0.25, 0.3) is 0 Å². The number of carbonyl (C=O) groups excluding carboxylic acids is 1. The topological polar surface area (TPSA) is 92.7 Å². The highest BCUT2D eigenvalue weighted by atomic mass is 32.2. The lowest BCUT2D eigenvalue weighted by Gasteiger charge is -2.13. The van der Waals surface area contributed by atoms with E-state index in [1.165, 1.54) is 0 Å². The third-order valence-electron chi connectivity index (χ3n) is 2.14. The first-order chi connectivity index (χ1) is 6.94. The molecule has 0 radical (unpaired) electrons. The van der Waals surface area contributed by atoms with Gasteiger partial charge in [0.1, 0.15) is 0 Å². The first-order valence-electron chi connectivity index (χ1n) is 4.72. The van der Waals surface area contributed by atoms with Gasteiger partial charge in [-0.05, 0) is 6.92 Å². The molecule has 1 heterocycles. The van der Waals surface area contributed by atoms with Crippen LogP contribution in [-0.4, -0.2) is 56.3 Å². The Kier molecular flexibility index (Phi) is 4.06. The van der Waals surface area contributed by atoms with E-state index in [-0.39, 0.29) is 24.7 Å². The standard InChI is InChI=1S/C8H15NO5S/c1-2-14-8(11)3-9-6-4-15(12,13)5-7(6)10/h6-7,9-10H,2-5H2,1H3. The van der Waals surface area contributed by atoms with E-state index < -0.39 is 28.0 Å². The summed E-state index contributed by atoms with van der Waals surface area (Å²) in [5.41, 5.74) is 0. The van der Waals surface area contributed by atoms with E-state index in [9.17, 15) is 18.3 Å². The molecule has 1 rings (SSSR count). The van der Waals surface area contributed by atoms with Crippen LogP contribution in [0, 0.1) is 0 Å². The van der Waals surface area contributed by atoms with Crippen LogP contribution in [0.1, 0.15) is 6.92 Å². The molecule has 0 spiro atoms. The first-order valence-corrected chi connectivity index (χ1v) is 6.54. The lowest BCUT2D eigenvalue weighted by Crippen LogP contribution is -2.41. The maximum Gasteiger partial charge on any atom is 0.319 e. The molecule has 2 N–H and O–H groups in total. The molecule has 0 saturated carbocycles. The Balaban J connectivity index is 2.37. The van der Waals surface area contributed by atoms with Crippen LogP contribution in [0.4, 0.5) is 0 Å². The largest absolute Gasteiger partial charge is 0.465 e. The van der Waals surface area contributed by atoms with E-state index in [4.69, 9.17) is 0 Å². The Hall–Kier alpha value is -0.660. The molecule has 0 aromatic carbocycles. The lowest BCUT2D eigenvalue weighted by atomic mass is 10.2. The zero-order valence-electron chi connectivity index (χ0n) is 8.47. The molecular weight excluding hydrogens is 222 g/mol. The second-order valence-corrected chi connectivity index (χ2v) is 5.59. The molecule has 15 heavy (non-hydrogen) atoms. The van der Waals surface area contributed by atoms with E-state index in [1.807, 2.05) is 0 Å².